The number of carbonyl (C=O) groups excluding carboxylic acids is 1. The van der Waals surface area contributed by atoms with Crippen LogP contribution < -0.4 is 10.6 Å². The number of rotatable bonds is 7. The molecule has 0 radical (unpaired) electrons. The lowest BCUT2D eigenvalue weighted by Crippen LogP contribution is -2.47. The van der Waals surface area contributed by atoms with Crippen molar-refractivity contribution in [1.29, 1.82) is 0 Å². The average Bonchev–Trinajstić information content (AvgIpc) is 2.94. The van der Waals surface area contributed by atoms with E-state index in [0.29, 0.717) is 12.4 Å². The molecule has 1 saturated heterocycles. The van der Waals surface area contributed by atoms with Crippen LogP contribution in [0, 0.1) is 5.41 Å². The minimum absolute atomic E-state index is 0.00806. The molecule has 1 aliphatic heterocycles. The van der Waals surface area contributed by atoms with Crippen molar-refractivity contribution in [2.75, 3.05) is 52.8 Å². The van der Waals surface area contributed by atoms with Crippen LogP contribution in [0.5, 0.6) is 0 Å². The van der Waals surface area contributed by atoms with Crippen LogP contribution in [0.1, 0.15) is 12.8 Å². The number of amides is 1. The lowest BCUT2D eigenvalue weighted by Gasteiger charge is -2.35. The van der Waals surface area contributed by atoms with Crippen LogP contribution >= 0.6 is 0 Å². The summed E-state index contributed by atoms with van der Waals surface area (Å²) < 4.78 is 7.14. The highest BCUT2D eigenvalue weighted by molar-refractivity contribution is 5.94. The third-order valence-electron chi connectivity index (χ3n) is 4.12. The third-order valence-corrected chi connectivity index (χ3v) is 4.12. The largest absolute Gasteiger partial charge is 0.384 e. The summed E-state index contributed by atoms with van der Waals surface area (Å²) in [6, 6.07) is 1.84. The van der Waals surface area contributed by atoms with Crippen LogP contribution in [0.3, 0.4) is 0 Å². The molecule has 0 atom stereocenters. The van der Waals surface area contributed by atoms with Crippen molar-refractivity contribution in [2.24, 2.45) is 5.41 Å². The first-order valence-corrected chi connectivity index (χ1v) is 7.75. The molecule has 0 aromatic carbocycles. The van der Waals surface area contributed by atoms with Gasteiger partial charge in [0.2, 0.25) is 5.91 Å². The number of hydrogen-bond acceptors (Lipinski definition) is 5. The van der Waals surface area contributed by atoms with Gasteiger partial charge in [0.25, 0.3) is 0 Å². The average molecular weight is 309 g/mol. The summed E-state index contributed by atoms with van der Waals surface area (Å²) in [5.74, 6) is 0.617. The summed E-state index contributed by atoms with van der Waals surface area (Å²) in [6.07, 6.45) is 3.46. The normalized spacial score (nSPS) is 17.6. The van der Waals surface area contributed by atoms with Crippen molar-refractivity contribution >= 4 is 11.7 Å². The van der Waals surface area contributed by atoms with Crippen LogP contribution in [0.2, 0.25) is 0 Å². The van der Waals surface area contributed by atoms with E-state index in [9.17, 15) is 4.79 Å². The van der Waals surface area contributed by atoms with E-state index in [0.717, 1.165) is 39.0 Å². The van der Waals surface area contributed by atoms with E-state index in [1.807, 2.05) is 31.0 Å². The smallest absolute Gasteiger partial charge is 0.234 e. The quantitative estimate of drug-likeness (QED) is 0.763. The Hall–Kier alpha value is -1.44. The van der Waals surface area contributed by atoms with Gasteiger partial charge in [-0.25, -0.2) is 0 Å². The SMILES string of the molecule is COCC1(C(=O)Nc2ccn(CCN(C)C)n2)CCNCC1. The Morgan fingerprint density at radius 2 is 2.23 bits per heavy atom. The zero-order chi connectivity index (χ0) is 16.0. The molecule has 22 heavy (non-hydrogen) atoms. The lowest BCUT2D eigenvalue weighted by molar-refractivity contribution is -0.130. The van der Waals surface area contributed by atoms with E-state index in [4.69, 9.17) is 4.74 Å². The Morgan fingerprint density at radius 1 is 1.50 bits per heavy atom. The van der Waals surface area contributed by atoms with E-state index in [2.05, 4.69) is 20.6 Å². The minimum atomic E-state index is -0.451. The lowest BCUT2D eigenvalue weighted by atomic mass is 9.78. The van der Waals surface area contributed by atoms with Gasteiger partial charge in [-0.3, -0.25) is 9.48 Å². The van der Waals surface area contributed by atoms with Gasteiger partial charge < -0.3 is 20.3 Å². The molecule has 7 nitrogen and oxygen atoms in total. The van der Waals surface area contributed by atoms with Crippen LogP contribution in [0.25, 0.3) is 0 Å². The maximum atomic E-state index is 12.7. The van der Waals surface area contributed by atoms with Crippen LogP contribution in [0.15, 0.2) is 12.3 Å². The van der Waals surface area contributed by atoms with Gasteiger partial charge in [-0.15, -0.1) is 0 Å². The highest BCUT2D eigenvalue weighted by Crippen LogP contribution is 2.30. The number of ether oxygens (including phenoxy) is 1. The van der Waals surface area contributed by atoms with Gasteiger partial charge in [0, 0.05) is 25.9 Å². The molecule has 0 bridgehead atoms. The topological polar surface area (TPSA) is 71.4 Å². The molecule has 124 valence electrons. The molecular weight excluding hydrogens is 282 g/mol. The number of piperidine rings is 1. The van der Waals surface area contributed by atoms with Gasteiger partial charge in [0.05, 0.1) is 18.6 Å². The number of methoxy groups -OCH3 is 1. The van der Waals surface area contributed by atoms with Gasteiger partial charge >= 0.3 is 0 Å². The van der Waals surface area contributed by atoms with Crippen LogP contribution in [-0.4, -0.2) is 68.0 Å². The van der Waals surface area contributed by atoms with Crippen LogP contribution in [-0.2, 0) is 16.1 Å². The highest BCUT2D eigenvalue weighted by Gasteiger charge is 2.39. The fourth-order valence-corrected chi connectivity index (χ4v) is 2.72. The number of hydrogen-bond donors (Lipinski definition) is 2. The molecule has 1 aromatic rings. The molecule has 1 amide bonds. The minimum Gasteiger partial charge on any atom is -0.384 e. The second kappa shape index (κ2) is 7.71. The fraction of sp³-hybridized carbons (Fsp3) is 0.733. The van der Waals surface area contributed by atoms with E-state index < -0.39 is 5.41 Å². The molecule has 1 fully saturated rings. The Labute approximate surface area is 132 Å². The van der Waals surface area contributed by atoms with Crippen molar-refractivity contribution in [3.63, 3.8) is 0 Å². The fourth-order valence-electron chi connectivity index (χ4n) is 2.72. The number of likely N-dealkylation sites (N-methyl/N-ethyl adjacent to an activating group) is 1. The summed E-state index contributed by atoms with van der Waals surface area (Å²) in [5, 5.41) is 10.7. The van der Waals surface area contributed by atoms with Crippen molar-refractivity contribution in [3.8, 4) is 0 Å². The number of nitrogens with zero attached hydrogens (tertiary/aromatic N) is 3. The molecule has 7 heteroatoms. The van der Waals surface area contributed by atoms with Crippen LogP contribution in [0.4, 0.5) is 5.82 Å². The Bertz CT molecular complexity index is 475. The predicted octanol–water partition coefficient (Wildman–Crippen LogP) is 0.399. The molecule has 0 saturated carbocycles. The van der Waals surface area contributed by atoms with Crippen molar-refractivity contribution in [2.45, 2.75) is 19.4 Å². The first-order chi connectivity index (χ1) is 10.6. The first kappa shape index (κ1) is 16.9. The van der Waals surface area contributed by atoms with E-state index in [1.165, 1.54) is 0 Å². The summed E-state index contributed by atoms with van der Waals surface area (Å²) in [5.41, 5.74) is -0.451. The van der Waals surface area contributed by atoms with Gasteiger partial charge in [-0.1, -0.05) is 0 Å². The zero-order valence-corrected chi connectivity index (χ0v) is 13.8. The molecular formula is C15H27N5O2. The standard InChI is InChI=1S/C15H27N5O2/c1-19(2)10-11-20-9-4-13(18-20)17-14(21)15(12-22-3)5-7-16-8-6-15/h4,9,16H,5-8,10-12H2,1-3H3,(H,17,18,21). The summed E-state index contributed by atoms with van der Waals surface area (Å²) >= 11 is 0. The second-order valence-electron chi connectivity index (χ2n) is 6.18. The molecule has 0 unspecified atom stereocenters. The number of aromatic nitrogens is 2. The van der Waals surface area contributed by atoms with Gasteiger partial charge in [-0.2, -0.15) is 5.10 Å². The van der Waals surface area contributed by atoms with Gasteiger partial charge in [0.15, 0.2) is 5.82 Å². The second-order valence-corrected chi connectivity index (χ2v) is 6.18. The van der Waals surface area contributed by atoms with Crippen molar-refractivity contribution < 1.29 is 9.53 Å². The molecule has 2 rings (SSSR count). The Balaban J connectivity index is 1.97. The first-order valence-electron chi connectivity index (χ1n) is 7.75. The van der Waals surface area contributed by atoms with E-state index in [-0.39, 0.29) is 5.91 Å². The highest BCUT2D eigenvalue weighted by atomic mass is 16.5. The van der Waals surface area contributed by atoms with Crippen molar-refractivity contribution in [3.05, 3.63) is 12.3 Å². The zero-order valence-electron chi connectivity index (χ0n) is 13.8. The maximum Gasteiger partial charge on any atom is 0.234 e. The van der Waals surface area contributed by atoms with Gasteiger partial charge in [-0.05, 0) is 40.0 Å². The summed E-state index contributed by atoms with van der Waals surface area (Å²) in [4.78, 5) is 14.8. The summed E-state index contributed by atoms with van der Waals surface area (Å²) in [6.45, 7) is 3.84. The Kier molecular flexibility index (Phi) is 5.93. The number of nitrogens with one attached hydrogen (secondary N) is 2. The maximum absolute atomic E-state index is 12.7. The monoisotopic (exact) mass is 309 g/mol. The molecule has 0 spiro atoms. The molecule has 1 aromatic heterocycles. The molecule has 1 aliphatic rings. The summed E-state index contributed by atoms with van der Waals surface area (Å²) in [7, 11) is 5.70. The van der Waals surface area contributed by atoms with Crippen molar-refractivity contribution in [1.82, 2.24) is 20.0 Å². The molecule has 2 heterocycles. The number of carbonyl (C=O) groups is 1. The number of anilines is 1. The van der Waals surface area contributed by atoms with Gasteiger partial charge in [0.1, 0.15) is 0 Å². The predicted molar refractivity (Wildman–Crippen MR) is 85.8 cm³/mol. The molecule has 0 aliphatic carbocycles. The third kappa shape index (κ3) is 4.28. The molecule has 2 N–H and O–H groups in total. The van der Waals surface area contributed by atoms with E-state index >= 15 is 0 Å². The van der Waals surface area contributed by atoms with E-state index in [1.54, 1.807) is 7.11 Å². The Morgan fingerprint density at radius 3 is 2.86 bits per heavy atom.